The summed E-state index contributed by atoms with van der Waals surface area (Å²) in [5.41, 5.74) is 0. The van der Waals surface area contributed by atoms with Gasteiger partial charge in [-0.05, 0) is 44.4 Å². The first-order valence-electron chi connectivity index (χ1n) is 6.62. The van der Waals surface area contributed by atoms with Crippen LogP contribution in [0.15, 0.2) is 0 Å². The zero-order valence-corrected chi connectivity index (χ0v) is 10.0. The fraction of sp³-hybridized carbons (Fsp3) is 0.923. The number of hydrogen-bond donors (Lipinski definition) is 0. The van der Waals surface area contributed by atoms with Crippen molar-refractivity contribution in [1.82, 2.24) is 4.90 Å². The summed E-state index contributed by atoms with van der Waals surface area (Å²) >= 11 is 0. The Morgan fingerprint density at radius 2 is 1.81 bits per heavy atom. The number of rotatable bonds is 3. The van der Waals surface area contributed by atoms with Crippen molar-refractivity contribution in [2.24, 2.45) is 5.92 Å². The number of carbonyl (C=O) groups is 1. The normalized spacial score (nSPS) is 37.8. The van der Waals surface area contributed by atoms with Crippen molar-refractivity contribution in [2.45, 2.75) is 63.1 Å². The number of hydrogen-bond acceptors (Lipinski definition) is 2. The molecule has 0 aromatic heterocycles. The summed E-state index contributed by atoms with van der Waals surface area (Å²) in [5, 5.41) is 0. The van der Waals surface area contributed by atoms with Gasteiger partial charge in [0.1, 0.15) is 0 Å². The van der Waals surface area contributed by atoms with Crippen LogP contribution in [0.1, 0.15) is 44.9 Å². The molecule has 3 aliphatic rings. The quantitative estimate of drug-likeness (QED) is 0.732. The van der Waals surface area contributed by atoms with Gasteiger partial charge < -0.3 is 9.64 Å². The van der Waals surface area contributed by atoms with E-state index < -0.39 is 0 Å². The van der Waals surface area contributed by atoms with Gasteiger partial charge in [0.05, 0.1) is 6.10 Å². The third kappa shape index (κ3) is 1.86. The van der Waals surface area contributed by atoms with Crippen LogP contribution in [-0.4, -0.2) is 36.1 Å². The van der Waals surface area contributed by atoms with E-state index in [4.69, 9.17) is 4.74 Å². The fourth-order valence-electron chi connectivity index (χ4n) is 3.40. The van der Waals surface area contributed by atoms with Crippen molar-refractivity contribution in [3.63, 3.8) is 0 Å². The van der Waals surface area contributed by atoms with Gasteiger partial charge in [-0.3, -0.25) is 4.79 Å². The number of amides is 1. The van der Waals surface area contributed by atoms with Crippen molar-refractivity contribution >= 4 is 5.91 Å². The van der Waals surface area contributed by atoms with Gasteiger partial charge in [0.15, 0.2) is 0 Å². The summed E-state index contributed by atoms with van der Waals surface area (Å²) in [7, 11) is 1.80. The predicted molar refractivity (Wildman–Crippen MR) is 61.0 cm³/mol. The van der Waals surface area contributed by atoms with Crippen molar-refractivity contribution in [3.8, 4) is 0 Å². The molecular weight excluding hydrogens is 202 g/mol. The first kappa shape index (κ1) is 10.6. The Balaban J connectivity index is 1.65. The van der Waals surface area contributed by atoms with E-state index in [1.807, 2.05) is 0 Å². The van der Waals surface area contributed by atoms with Crippen LogP contribution in [0, 0.1) is 5.92 Å². The maximum absolute atomic E-state index is 12.2. The first-order chi connectivity index (χ1) is 7.78. The third-order valence-corrected chi connectivity index (χ3v) is 4.47. The van der Waals surface area contributed by atoms with Gasteiger partial charge in [-0.25, -0.2) is 0 Å². The molecule has 2 aliphatic heterocycles. The van der Waals surface area contributed by atoms with E-state index in [1.54, 1.807) is 7.11 Å². The Morgan fingerprint density at radius 1 is 1.19 bits per heavy atom. The van der Waals surface area contributed by atoms with Crippen molar-refractivity contribution in [3.05, 3.63) is 0 Å². The molecule has 2 heterocycles. The molecular formula is C13H21NO2. The topological polar surface area (TPSA) is 29.5 Å². The number of carbonyl (C=O) groups excluding carboxylic acids is 1. The fourth-order valence-corrected chi connectivity index (χ4v) is 3.40. The maximum Gasteiger partial charge on any atom is 0.223 e. The Labute approximate surface area is 97.1 Å². The smallest absolute Gasteiger partial charge is 0.223 e. The van der Waals surface area contributed by atoms with Crippen LogP contribution in [0.2, 0.25) is 0 Å². The minimum absolute atomic E-state index is 0.391. The number of ether oxygens (including phenoxy) is 1. The van der Waals surface area contributed by atoms with Gasteiger partial charge in [-0.2, -0.15) is 0 Å². The van der Waals surface area contributed by atoms with E-state index in [2.05, 4.69) is 4.90 Å². The molecule has 0 spiro atoms. The molecule has 3 rings (SSSR count). The minimum atomic E-state index is 0.391. The van der Waals surface area contributed by atoms with Crippen LogP contribution >= 0.6 is 0 Å². The maximum atomic E-state index is 12.2. The van der Waals surface area contributed by atoms with Crippen LogP contribution in [-0.2, 0) is 9.53 Å². The lowest BCUT2D eigenvalue weighted by Crippen LogP contribution is -2.48. The molecule has 3 nitrogen and oxygen atoms in total. The van der Waals surface area contributed by atoms with Gasteiger partial charge >= 0.3 is 0 Å². The van der Waals surface area contributed by atoms with Crippen LogP contribution in [0.25, 0.3) is 0 Å². The summed E-state index contributed by atoms with van der Waals surface area (Å²) in [6.07, 6.45) is 8.26. The van der Waals surface area contributed by atoms with Crippen LogP contribution in [0.5, 0.6) is 0 Å². The molecule has 2 atom stereocenters. The highest BCUT2D eigenvalue weighted by molar-refractivity contribution is 5.78. The zero-order valence-electron chi connectivity index (χ0n) is 10.0. The Kier molecular flexibility index (Phi) is 2.66. The van der Waals surface area contributed by atoms with Crippen molar-refractivity contribution in [2.75, 3.05) is 7.11 Å². The van der Waals surface area contributed by atoms with Crippen LogP contribution < -0.4 is 0 Å². The minimum Gasteiger partial charge on any atom is -0.381 e. The number of nitrogens with zero attached hydrogens (tertiary/aromatic N) is 1. The second-order valence-electron chi connectivity index (χ2n) is 5.66. The molecule has 16 heavy (non-hydrogen) atoms. The average Bonchev–Trinajstić information content (AvgIpc) is 3.04. The first-order valence-corrected chi connectivity index (χ1v) is 6.62. The number of piperidine rings is 1. The molecule has 1 aliphatic carbocycles. The Bertz CT molecular complexity index is 274. The summed E-state index contributed by atoms with van der Waals surface area (Å²) in [6.45, 7) is 0. The molecule has 0 aromatic carbocycles. The molecule has 0 aromatic rings. The lowest BCUT2D eigenvalue weighted by Gasteiger charge is -2.38. The summed E-state index contributed by atoms with van der Waals surface area (Å²) in [5.74, 6) is 1.14. The highest BCUT2D eigenvalue weighted by Crippen LogP contribution is 2.39. The van der Waals surface area contributed by atoms with Gasteiger partial charge in [0.25, 0.3) is 0 Å². The molecule has 3 heteroatoms. The van der Waals surface area contributed by atoms with Crippen molar-refractivity contribution in [1.29, 1.82) is 0 Å². The monoisotopic (exact) mass is 223 g/mol. The number of methoxy groups -OCH3 is 1. The van der Waals surface area contributed by atoms with Gasteiger partial charge in [-0.15, -0.1) is 0 Å². The molecule has 2 bridgehead atoms. The second kappa shape index (κ2) is 4.02. The van der Waals surface area contributed by atoms with E-state index in [0.717, 1.165) is 19.3 Å². The third-order valence-electron chi connectivity index (χ3n) is 4.47. The highest BCUT2D eigenvalue weighted by Gasteiger charge is 2.43. The SMILES string of the molecule is COC1CC2CCC(C1)N2C(=O)CC1CC1. The molecule has 90 valence electrons. The standard InChI is InChI=1S/C13H21NO2/c1-16-12-7-10-4-5-11(8-12)14(10)13(15)6-9-2-3-9/h9-12H,2-8H2,1H3. The zero-order chi connectivity index (χ0) is 11.1. The summed E-state index contributed by atoms with van der Waals surface area (Å²) < 4.78 is 5.46. The molecule has 1 amide bonds. The molecule has 2 saturated heterocycles. The van der Waals surface area contributed by atoms with Crippen molar-refractivity contribution < 1.29 is 9.53 Å². The van der Waals surface area contributed by atoms with E-state index >= 15 is 0 Å². The van der Waals surface area contributed by atoms with Gasteiger partial charge in [-0.1, -0.05) is 0 Å². The lowest BCUT2D eigenvalue weighted by molar-refractivity contribution is -0.138. The van der Waals surface area contributed by atoms with E-state index in [1.165, 1.54) is 25.7 Å². The molecule has 1 saturated carbocycles. The van der Waals surface area contributed by atoms with Crippen LogP contribution in [0.3, 0.4) is 0 Å². The summed E-state index contributed by atoms with van der Waals surface area (Å²) in [4.78, 5) is 14.4. The lowest BCUT2D eigenvalue weighted by atomic mass is 9.99. The Morgan fingerprint density at radius 3 is 2.31 bits per heavy atom. The van der Waals surface area contributed by atoms with E-state index in [-0.39, 0.29) is 0 Å². The van der Waals surface area contributed by atoms with Gasteiger partial charge in [0.2, 0.25) is 5.91 Å². The van der Waals surface area contributed by atoms with Crippen LogP contribution in [0.4, 0.5) is 0 Å². The largest absolute Gasteiger partial charge is 0.381 e. The van der Waals surface area contributed by atoms with E-state index in [9.17, 15) is 4.79 Å². The molecule has 3 fully saturated rings. The highest BCUT2D eigenvalue weighted by atomic mass is 16.5. The Hall–Kier alpha value is -0.570. The molecule has 2 unspecified atom stereocenters. The molecule has 0 radical (unpaired) electrons. The summed E-state index contributed by atoms with van der Waals surface area (Å²) in [6, 6.07) is 0.963. The molecule has 0 N–H and O–H groups in total. The predicted octanol–water partition coefficient (Wildman–Crippen LogP) is 1.95. The van der Waals surface area contributed by atoms with Gasteiger partial charge in [0, 0.05) is 25.6 Å². The van der Waals surface area contributed by atoms with E-state index in [0.29, 0.717) is 30.0 Å². The average molecular weight is 223 g/mol. The number of fused-ring (bicyclic) bond motifs is 2. The second-order valence-corrected chi connectivity index (χ2v) is 5.66.